The maximum absolute atomic E-state index is 11.6. The van der Waals surface area contributed by atoms with Crippen LogP contribution in [-0.4, -0.2) is 17.4 Å². The molecular formula is C15H17NO. The number of benzene rings is 1. The summed E-state index contributed by atoms with van der Waals surface area (Å²) in [5.41, 5.74) is 1.79. The van der Waals surface area contributed by atoms with Gasteiger partial charge in [-0.05, 0) is 24.1 Å². The van der Waals surface area contributed by atoms with Gasteiger partial charge in [-0.2, -0.15) is 0 Å². The Morgan fingerprint density at radius 3 is 2.35 bits per heavy atom. The van der Waals surface area contributed by atoms with Crippen molar-refractivity contribution in [2.45, 2.75) is 6.42 Å². The Bertz CT molecular complexity index is 400. The predicted octanol–water partition coefficient (Wildman–Crippen LogP) is 2.94. The Balaban J connectivity index is 2.68. The van der Waals surface area contributed by atoms with Crippen LogP contribution in [0.15, 0.2) is 67.9 Å². The molecule has 0 fully saturated rings. The average molecular weight is 227 g/mol. The molecule has 0 unspecified atom stereocenters. The van der Waals surface area contributed by atoms with Crippen molar-refractivity contribution in [3.8, 4) is 0 Å². The van der Waals surface area contributed by atoms with Crippen molar-refractivity contribution >= 4 is 5.91 Å². The summed E-state index contributed by atoms with van der Waals surface area (Å²) in [5, 5.41) is 0. The van der Waals surface area contributed by atoms with Gasteiger partial charge in [0.25, 0.3) is 0 Å². The minimum absolute atomic E-state index is 0.147. The standard InChI is InChI=1S/C15H17NO/c1-4-13(3)16(15(17)5-2)12-11-14-9-7-6-8-10-14/h4-10H,1-3,11-12H2. The molecule has 2 heteroatoms. The van der Waals surface area contributed by atoms with Crippen LogP contribution < -0.4 is 0 Å². The molecule has 0 aliphatic heterocycles. The lowest BCUT2D eigenvalue weighted by Crippen LogP contribution is -2.29. The number of hydrogen-bond acceptors (Lipinski definition) is 1. The second-order valence-electron chi connectivity index (χ2n) is 3.63. The first-order chi connectivity index (χ1) is 8.19. The molecule has 0 radical (unpaired) electrons. The van der Waals surface area contributed by atoms with E-state index in [0.717, 1.165) is 6.42 Å². The summed E-state index contributed by atoms with van der Waals surface area (Å²) in [6.45, 7) is 11.5. The molecule has 2 nitrogen and oxygen atoms in total. The lowest BCUT2D eigenvalue weighted by Gasteiger charge is -2.21. The largest absolute Gasteiger partial charge is 0.309 e. The minimum Gasteiger partial charge on any atom is -0.309 e. The first kappa shape index (κ1) is 13.0. The highest BCUT2D eigenvalue weighted by atomic mass is 16.2. The molecule has 17 heavy (non-hydrogen) atoms. The van der Waals surface area contributed by atoms with Gasteiger partial charge in [-0.3, -0.25) is 4.79 Å². The lowest BCUT2D eigenvalue weighted by molar-refractivity contribution is -0.124. The van der Waals surface area contributed by atoms with Crippen molar-refractivity contribution < 1.29 is 4.79 Å². The molecule has 88 valence electrons. The van der Waals surface area contributed by atoms with Crippen molar-refractivity contribution in [2.24, 2.45) is 0 Å². The monoisotopic (exact) mass is 227 g/mol. The fourth-order valence-corrected chi connectivity index (χ4v) is 1.50. The summed E-state index contributed by atoms with van der Waals surface area (Å²) >= 11 is 0. The van der Waals surface area contributed by atoms with Crippen LogP contribution in [0.4, 0.5) is 0 Å². The topological polar surface area (TPSA) is 20.3 Å². The molecule has 0 N–H and O–H groups in total. The summed E-state index contributed by atoms with van der Waals surface area (Å²) in [4.78, 5) is 13.2. The van der Waals surface area contributed by atoms with E-state index in [4.69, 9.17) is 0 Å². The second-order valence-corrected chi connectivity index (χ2v) is 3.63. The zero-order valence-electron chi connectivity index (χ0n) is 9.93. The molecule has 1 aromatic carbocycles. The number of allylic oxidation sites excluding steroid dienone is 1. The average Bonchev–Trinajstić information content (AvgIpc) is 2.39. The zero-order valence-corrected chi connectivity index (χ0v) is 9.93. The number of amides is 1. The van der Waals surface area contributed by atoms with Gasteiger partial charge in [0, 0.05) is 12.2 Å². The van der Waals surface area contributed by atoms with E-state index in [9.17, 15) is 4.79 Å². The molecule has 1 amide bonds. The minimum atomic E-state index is -0.147. The molecule has 1 rings (SSSR count). The molecule has 0 heterocycles. The first-order valence-electron chi connectivity index (χ1n) is 5.48. The molecule has 0 saturated heterocycles. The van der Waals surface area contributed by atoms with Crippen molar-refractivity contribution in [3.05, 3.63) is 73.5 Å². The molecule has 0 aliphatic carbocycles. The van der Waals surface area contributed by atoms with Crippen molar-refractivity contribution in [3.63, 3.8) is 0 Å². The van der Waals surface area contributed by atoms with Gasteiger partial charge >= 0.3 is 0 Å². The second kappa shape index (κ2) is 6.48. The third kappa shape index (κ3) is 3.76. The van der Waals surface area contributed by atoms with E-state index in [1.807, 2.05) is 30.3 Å². The molecular weight excluding hydrogens is 210 g/mol. The Kier molecular flexibility index (Phi) is 4.95. The molecule has 0 atom stereocenters. The smallest absolute Gasteiger partial charge is 0.250 e. The van der Waals surface area contributed by atoms with Crippen LogP contribution in [0.1, 0.15) is 5.56 Å². The van der Waals surface area contributed by atoms with Gasteiger partial charge in [0.1, 0.15) is 0 Å². The summed E-state index contributed by atoms with van der Waals surface area (Å²) < 4.78 is 0. The van der Waals surface area contributed by atoms with Gasteiger partial charge in [0.2, 0.25) is 5.91 Å². The van der Waals surface area contributed by atoms with Crippen LogP contribution in [0.5, 0.6) is 0 Å². The Morgan fingerprint density at radius 1 is 1.18 bits per heavy atom. The van der Waals surface area contributed by atoms with Gasteiger partial charge < -0.3 is 4.90 Å². The van der Waals surface area contributed by atoms with E-state index in [-0.39, 0.29) is 5.91 Å². The van der Waals surface area contributed by atoms with E-state index < -0.39 is 0 Å². The van der Waals surface area contributed by atoms with E-state index in [2.05, 4.69) is 19.7 Å². The molecule has 0 saturated carbocycles. The van der Waals surface area contributed by atoms with Crippen LogP contribution in [0, 0.1) is 0 Å². The van der Waals surface area contributed by atoms with Crippen molar-refractivity contribution in [2.75, 3.05) is 6.54 Å². The lowest BCUT2D eigenvalue weighted by atomic mass is 10.1. The molecule has 1 aromatic rings. The number of rotatable bonds is 6. The normalized spacial score (nSPS) is 9.41. The maximum atomic E-state index is 11.6. The van der Waals surface area contributed by atoms with Crippen molar-refractivity contribution in [1.82, 2.24) is 4.90 Å². The SMILES string of the molecule is C=CC(=C)N(CCc1ccccc1)C(=O)C=C. The first-order valence-corrected chi connectivity index (χ1v) is 5.48. The Labute approximate surface area is 103 Å². The maximum Gasteiger partial charge on any atom is 0.250 e. The van der Waals surface area contributed by atoms with Crippen LogP contribution in [0.3, 0.4) is 0 Å². The quantitative estimate of drug-likeness (QED) is 0.540. The Hall–Kier alpha value is -2.09. The van der Waals surface area contributed by atoms with E-state index in [1.165, 1.54) is 11.6 Å². The van der Waals surface area contributed by atoms with Gasteiger partial charge in [0.05, 0.1) is 0 Å². The molecule has 0 bridgehead atoms. The highest BCUT2D eigenvalue weighted by Gasteiger charge is 2.11. The predicted molar refractivity (Wildman–Crippen MR) is 71.4 cm³/mol. The van der Waals surface area contributed by atoms with Crippen LogP contribution >= 0.6 is 0 Å². The number of carbonyl (C=O) groups excluding carboxylic acids is 1. The van der Waals surface area contributed by atoms with Gasteiger partial charge in [0.15, 0.2) is 0 Å². The summed E-state index contributed by atoms with van der Waals surface area (Å²) in [5.74, 6) is -0.147. The van der Waals surface area contributed by atoms with E-state index >= 15 is 0 Å². The number of nitrogens with zero attached hydrogens (tertiary/aromatic N) is 1. The van der Waals surface area contributed by atoms with E-state index in [0.29, 0.717) is 12.2 Å². The summed E-state index contributed by atoms with van der Waals surface area (Å²) in [6, 6.07) is 10.0. The fourth-order valence-electron chi connectivity index (χ4n) is 1.50. The fraction of sp³-hybridized carbons (Fsp3) is 0.133. The molecule has 0 spiro atoms. The third-order valence-electron chi connectivity index (χ3n) is 2.49. The number of carbonyl (C=O) groups is 1. The van der Waals surface area contributed by atoms with E-state index in [1.54, 1.807) is 11.0 Å². The molecule has 0 aromatic heterocycles. The van der Waals surface area contributed by atoms with Gasteiger partial charge in [-0.15, -0.1) is 0 Å². The Morgan fingerprint density at radius 2 is 1.82 bits per heavy atom. The van der Waals surface area contributed by atoms with Crippen LogP contribution in [0.2, 0.25) is 0 Å². The van der Waals surface area contributed by atoms with Crippen LogP contribution in [-0.2, 0) is 11.2 Å². The number of hydrogen-bond donors (Lipinski definition) is 0. The molecule has 0 aliphatic rings. The van der Waals surface area contributed by atoms with Gasteiger partial charge in [-0.1, -0.05) is 50.1 Å². The highest BCUT2D eigenvalue weighted by molar-refractivity contribution is 5.88. The van der Waals surface area contributed by atoms with Crippen molar-refractivity contribution in [1.29, 1.82) is 0 Å². The third-order valence-corrected chi connectivity index (χ3v) is 2.49. The highest BCUT2D eigenvalue weighted by Crippen LogP contribution is 2.07. The van der Waals surface area contributed by atoms with Crippen LogP contribution in [0.25, 0.3) is 0 Å². The zero-order chi connectivity index (χ0) is 12.7. The summed E-state index contributed by atoms with van der Waals surface area (Å²) in [6.07, 6.45) is 3.65. The van der Waals surface area contributed by atoms with Gasteiger partial charge in [-0.25, -0.2) is 0 Å². The summed E-state index contributed by atoms with van der Waals surface area (Å²) in [7, 11) is 0.